The molecule has 0 amide bonds. The van der Waals surface area contributed by atoms with Crippen molar-refractivity contribution in [3.8, 4) is 0 Å². The number of hydrogen-bond donors (Lipinski definition) is 0. The molecular formula is C16H22Cl2O. The fourth-order valence-corrected chi connectivity index (χ4v) is 2.50. The highest BCUT2D eigenvalue weighted by Crippen LogP contribution is 2.26. The van der Waals surface area contributed by atoms with E-state index in [0.717, 1.165) is 12.8 Å². The predicted molar refractivity (Wildman–Crippen MR) is 83.4 cm³/mol. The number of carbonyl (C=O) groups is 1. The maximum Gasteiger partial charge on any atom is 0.164 e. The average molecular weight is 301 g/mol. The molecule has 0 aliphatic heterocycles. The molecule has 0 fully saturated rings. The molecule has 1 aromatic carbocycles. The maximum absolute atomic E-state index is 12.0. The number of unbranched alkanes of at least 4 members (excludes halogenated alkanes) is 6. The highest BCUT2D eigenvalue weighted by atomic mass is 35.5. The minimum atomic E-state index is 0.0982. The SMILES string of the molecule is CCCCCCCCCC(=O)c1cccc(Cl)c1Cl. The number of carbonyl (C=O) groups excluding carboxylic acids is 1. The highest BCUT2D eigenvalue weighted by molar-refractivity contribution is 6.43. The number of halogens is 2. The van der Waals surface area contributed by atoms with Crippen LogP contribution >= 0.6 is 23.2 Å². The van der Waals surface area contributed by atoms with E-state index in [4.69, 9.17) is 23.2 Å². The lowest BCUT2D eigenvalue weighted by molar-refractivity contribution is 0.0979. The zero-order chi connectivity index (χ0) is 14.1. The molecule has 0 radical (unpaired) electrons. The lowest BCUT2D eigenvalue weighted by atomic mass is 10.0. The van der Waals surface area contributed by atoms with Crippen LogP contribution in [0.3, 0.4) is 0 Å². The Hall–Kier alpha value is -0.530. The van der Waals surface area contributed by atoms with E-state index in [2.05, 4.69) is 6.92 Å². The molecule has 0 aliphatic carbocycles. The summed E-state index contributed by atoms with van der Waals surface area (Å²) < 4.78 is 0. The molecule has 0 unspecified atom stereocenters. The van der Waals surface area contributed by atoms with Crippen molar-refractivity contribution >= 4 is 29.0 Å². The van der Waals surface area contributed by atoms with Crippen LogP contribution in [-0.4, -0.2) is 5.78 Å². The molecule has 19 heavy (non-hydrogen) atoms. The first-order valence-corrected chi connectivity index (χ1v) is 7.89. The van der Waals surface area contributed by atoms with Gasteiger partial charge in [-0.2, -0.15) is 0 Å². The Morgan fingerprint density at radius 3 is 2.32 bits per heavy atom. The predicted octanol–water partition coefficient (Wildman–Crippen LogP) is 6.32. The van der Waals surface area contributed by atoms with Crippen molar-refractivity contribution in [2.45, 2.75) is 58.3 Å². The van der Waals surface area contributed by atoms with Gasteiger partial charge in [-0.3, -0.25) is 4.79 Å². The lowest BCUT2D eigenvalue weighted by Gasteiger charge is -2.05. The van der Waals surface area contributed by atoms with Crippen LogP contribution in [-0.2, 0) is 0 Å². The first kappa shape index (κ1) is 16.5. The smallest absolute Gasteiger partial charge is 0.164 e. The van der Waals surface area contributed by atoms with Gasteiger partial charge in [0.1, 0.15) is 0 Å². The first-order valence-electron chi connectivity index (χ1n) is 7.14. The normalized spacial score (nSPS) is 10.7. The van der Waals surface area contributed by atoms with Crippen molar-refractivity contribution < 1.29 is 4.79 Å². The van der Waals surface area contributed by atoms with E-state index in [1.54, 1.807) is 18.2 Å². The fraction of sp³-hybridized carbons (Fsp3) is 0.562. The summed E-state index contributed by atoms with van der Waals surface area (Å²) >= 11 is 11.9. The minimum absolute atomic E-state index is 0.0982. The van der Waals surface area contributed by atoms with Crippen LogP contribution in [0.2, 0.25) is 10.0 Å². The number of hydrogen-bond acceptors (Lipinski definition) is 1. The first-order chi connectivity index (χ1) is 9.16. The van der Waals surface area contributed by atoms with Crippen LogP contribution in [0.25, 0.3) is 0 Å². The third kappa shape index (κ3) is 5.97. The third-order valence-corrected chi connectivity index (χ3v) is 4.08. The Morgan fingerprint density at radius 2 is 1.63 bits per heavy atom. The number of benzene rings is 1. The van der Waals surface area contributed by atoms with E-state index in [1.807, 2.05) is 0 Å². The zero-order valence-electron chi connectivity index (χ0n) is 11.6. The molecule has 1 aromatic rings. The second kappa shape index (κ2) is 9.39. The Kier molecular flexibility index (Phi) is 8.16. The molecule has 3 heteroatoms. The molecule has 0 aromatic heterocycles. The molecule has 1 rings (SSSR count). The van der Waals surface area contributed by atoms with E-state index in [1.165, 1.54) is 32.1 Å². The summed E-state index contributed by atoms with van der Waals surface area (Å²) in [7, 11) is 0. The Bertz CT molecular complexity index is 402. The van der Waals surface area contributed by atoms with Gasteiger partial charge >= 0.3 is 0 Å². The quantitative estimate of drug-likeness (QED) is 0.385. The van der Waals surface area contributed by atoms with E-state index >= 15 is 0 Å². The highest BCUT2D eigenvalue weighted by Gasteiger charge is 2.11. The fourth-order valence-electron chi connectivity index (χ4n) is 2.10. The standard InChI is InChI=1S/C16H22Cl2O/c1-2-3-4-5-6-7-8-12-15(19)13-10-9-11-14(17)16(13)18/h9-11H,2-8,12H2,1H3. The minimum Gasteiger partial charge on any atom is -0.294 e. The van der Waals surface area contributed by atoms with Gasteiger partial charge in [0.05, 0.1) is 10.0 Å². The topological polar surface area (TPSA) is 17.1 Å². The molecule has 0 aliphatic rings. The molecule has 0 spiro atoms. The van der Waals surface area contributed by atoms with Crippen LogP contribution in [0.4, 0.5) is 0 Å². The molecule has 106 valence electrons. The van der Waals surface area contributed by atoms with Crippen molar-refractivity contribution in [2.75, 3.05) is 0 Å². The number of ketones is 1. The van der Waals surface area contributed by atoms with Gasteiger partial charge in [-0.1, -0.05) is 74.7 Å². The van der Waals surface area contributed by atoms with Crippen LogP contribution in [0.15, 0.2) is 18.2 Å². The Balaban J connectivity index is 2.26. The van der Waals surface area contributed by atoms with Crippen LogP contribution in [0.5, 0.6) is 0 Å². The van der Waals surface area contributed by atoms with Crippen molar-refractivity contribution in [1.82, 2.24) is 0 Å². The molecule has 0 N–H and O–H groups in total. The average Bonchev–Trinajstić information content (AvgIpc) is 2.40. The summed E-state index contributed by atoms with van der Waals surface area (Å²) in [5.41, 5.74) is 0.556. The number of Topliss-reactive ketones (excluding diaryl/α,β-unsaturated/α-hetero) is 1. The second-order valence-corrected chi connectivity index (χ2v) is 5.68. The Morgan fingerprint density at radius 1 is 1.00 bits per heavy atom. The Labute approximate surface area is 126 Å². The summed E-state index contributed by atoms with van der Waals surface area (Å²) in [6, 6.07) is 5.22. The van der Waals surface area contributed by atoms with Crippen molar-refractivity contribution in [3.05, 3.63) is 33.8 Å². The molecule has 0 atom stereocenters. The summed E-state index contributed by atoms with van der Waals surface area (Å²) in [5, 5.41) is 0.837. The van der Waals surface area contributed by atoms with Crippen LogP contribution in [0.1, 0.15) is 68.6 Å². The third-order valence-electron chi connectivity index (χ3n) is 3.26. The largest absolute Gasteiger partial charge is 0.294 e. The summed E-state index contributed by atoms with van der Waals surface area (Å²) in [4.78, 5) is 12.0. The molecular weight excluding hydrogens is 279 g/mol. The van der Waals surface area contributed by atoms with Crippen LogP contribution in [0, 0.1) is 0 Å². The van der Waals surface area contributed by atoms with Crippen molar-refractivity contribution in [2.24, 2.45) is 0 Å². The van der Waals surface area contributed by atoms with Gasteiger partial charge in [0.2, 0.25) is 0 Å². The van der Waals surface area contributed by atoms with Gasteiger partial charge in [-0.05, 0) is 18.6 Å². The van der Waals surface area contributed by atoms with Gasteiger partial charge in [0.15, 0.2) is 5.78 Å². The van der Waals surface area contributed by atoms with E-state index < -0.39 is 0 Å². The van der Waals surface area contributed by atoms with E-state index in [9.17, 15) is 4.79 Å². The molecule has 0 bridgehead atoms. The molecule has 1 nitrogen and oxygen atoms in total. The summed E-state index contributed by atoms with van der Waals surface area (Å²) in [6.07, 6.45) is 9.01. The van der Waals surface area contributed by atoms with Gasteiger partial charge < -0.3 is 0 Å². The van der Waals surface area contributed by atoms with E-state index in [0.29, 0.717) is 22.0 Å². The van der Waals surface area contributed by atoms with Gasteiger partial charge in [0, 0.05) is 12.0 Å². The monoisotopic (exact) mass is 300 g/mol. The van der Waals surface area contributed by atoms with E-state index in [-0.39, 0.29) is 5.78 Å². The molecule has 0 saturated carbocycles. The van der Waals surface area contributed by atoms with Gasteiger partial charge in [-0.15, -0.1) is 0 Å². The number of rotatable bonds is 9. The second-order valence-electron chi connectivity index (χ2n) is 4.90. The molecule has 0 heterocycles. The summed E-state index contributed by atoms with van der Waals surface area (Å²) in [6.45, 7) is 2.22. The maximum atomic E-state index is 12.0. The van der Waals surface area contributed by atoms with Gasteiger partial charge in [0.25, 0.3) is 0 Å². The lowest BCUT2D eigenvalue weighted by Crippen LogP contribution is -2.00. The molecule has 0 saturated heterocycles. The summed E-state index contributed by atoms with van der Waals surface area (Å²) in [5.74, 6) is 0.0982. The van der Waals surface area contributed by atoms with Crippen LogP contribution < -0.4 is 0 Å². The van der Waals surface area contributed by atoms with Gasteiger partial charge in [-0.25, -0.2) is 0 Å². The van der Waals surface area contributed by atoms with Crippen molar-refractivity contribution in [3.63, 3.8) is 0 Å². The van der Waals surface area contributed by atoms with Crippen molar-refractivity contribution in [1.29, 1.82) is 0 Å². The zero-order valence-corrected chi connectivity index (χ0v) is 13.1.